The van der Waals surface area contributed by atoms with Crippen LogP contribution in [0.25, 0.3) is 0 Å². The van der Waals surface area contributed by atoms with Gasteiger partial charge in [-0.15, -0.1) is 0 Å². The molecule has 0 heterocycles. The Hall–Kier alpha value is -0.520. The summed E-state index contributed by atoms with van der Waals surface area (Å²) < 4.78 is 0. The van der Waals surface area contributed by atoms with Crippen LogP contribution in [-0.4, -0.2) is 0 Å². The quantitative estimate of drug-likeness (QED) is 0.478. The number of allylic oxidation sites excluding steroid dienone is 4. The second kappa shape index (κ2) is 2.26. The van der Waals surface area contributed by atoms with Gasteiger partial charge in [-0.1, -0.05) is 44.1 Å². The van der Waals surface area contributed by atoms with Gasteiger partial charge in [0.05, 0.1) is 0 Å². The van der Waals surface area contributed by atoms with Crippen LogP contribution >= 0.6 is 0 Å². The average molecular weight is 135 g/mol. The van der Waals surface area contributed by atoms with Gasteiger partial charge in [0.15, 0.2) is 0 Å². The summed E-state index contributed by atoms with van der Waals surface area (Å²) in [6.07, 6.45) is 6.62. The zero-order valence-corrected chi connectivity index (χ0v) is 7.23. The number of hydrogen-bond acceptors (Lipinski definition) is 0. The van der Waals surface area contributed by atoms with E-state index >= 15 is 0 Å². The topological polar surface area (TPSA) is 0 Å². The molecule has 0 saturated carbocycles. The van der Waals surface area contributed by atoms with Crippen LogP contribution in [0.3, 0.4) is 0 Å². The molecule has 0 unspecified atom stereocenters. The second-order valence-corrected chi connectivity index (χ2v) is 3.93. The summed E-state index contributed by atoms with van der Waals surface area (Å²) in [5.41, 5.74) is 3.11. The fourth-order valence-electron chi connectivity index (χ4n) is 1.03. The van der Waals surface area contributed by atoms with Crippen LogP contribution in [0, 0.1) is 11.8 Å². The van der Waals surface area contributed by atoms with Gasteiger partial charge in [0, 0.05) is 6.42 Å². The molecule has 0 N–H and O–H groups in total. The van der Waals surface area contributed by atoms with E-state index in [0.717, 1.165) is 0 Å². The Morgan fingerprint density at radius 3 is 2.00 bits per heavy atom. The van der Waals surface area contributed by atoms with Gasteiger partial charge in [0.1, 0.15) is 0 Å². The zero-order chi connectivity index (χ0) is 7.78. The van der Waals surface area contributed by atoms with Crippen molar-refractivity contribution in [1.29, 1.82) is 0 Å². The van der Waals surface area contributed by atoms with E-state index in [1.807, 2.05) is 0 Å². The monoisotopic (exact) mass is 135 g/mol. The van der Waals surface area contributed by atoms with Crippen LogP contribution in [-0.2, 0) is 0 Å². The molecule has 1 aliphatic rings. The molecule has 0 aliphatic heterocycles. The summed E-state index contributed by atoms with van der Waals surface area (Å²) in [5, 5.41) is 0. The highest BCUT2D eigenvalue weighted by Gasteiger charge is 2.18. The van der Waals surface area contributed by atoms with Crippen LogP contribution in [0.15, 0.2) is 23.3 Å². The van der Waals surface area contributed by atoms with Gasteiger partial charge in [-0.25, -0.2) is 0 Å². The molecule has 0 atom stereocenters. The van der Waals surface area contributed by atoms with Gasteiger partial charge in [-0.2, -0.15) is 0 Å². The molecule has 10 heavy (non-hydrogen) atoms. The summed E-state index contributed by atoms with van der Waals surface area (Å²) in [5.74, 6) is 0. The third-order valence-electron chi connectivity index (χ3n) is 1.77. The Morgan fingerprint density at radius 1 is 1.20 bits per heavy atom. The lowest BCUT2D eigenvalue weighted by Gasteiger charge is -2.19. The lowest BCUT2D eigenvalue weighted by Crippen LogP contribution is -2.07. The highest BCUT2D eigenvalue weighted by Crippen LogP contribution is 2.32. The maximum atomic E-state index is 2.25. The van der Waals surface area contributed by atoms with Crippen molar-refractivity contribution in [2.24, 2.45) is 5.41 Å². The summed E-state index contributed by atoms with van der Waals surface area (Å²) in [6, 6.07) is 0. The Bertz CT molecular complexity index is 187. The Balaban J connectivity index is 2.73. The smallest absolute Gasteiger partial charge is 0.00917 e. The van der Waals surface area contributed by atoms with Crippen molar-refractivity contribution in [1.82, 2.24) is 0 Å². The maximum Gasteiger partial charge on any atom is 0.00917 e. The Kier molecular flexibility index (Phi) is 1.72. The normalized spacial score (nSPS) is 18.8. The molecule has 0 fully saturated rings. The first-order valence-electron chi connectivity index (χ1n) is 3.74. The van der Waals surface area contributed by atoms with E-state index in [1.54, 1.807) is 0 Å². The summed E-state index contributed by atoms with van der Waals surface area (Å²) in [4.78, 5) is 0. The Labute approximate surface area is 63.6 Å². The lowest BCUT2D eigenvalue weighted by molar-refractivity contribution is 0.513. The van der Waals surface area contributed by atoms with Gasteiger partial charge in [-0.3, -0.25) is 0 Å². The first-order chi connectivity index (χ1) is 4.50. The summed E-state index contributed by atoms with van der Waals surface area (Å²) >= 11 is 0. The summed E-state index contributed by atoms with van der Waals surface area (Å²) in [6.45, 7) is 8.85. The minimum atomic E-state index is 0.314. The van der Waals surface area contributed by atoms with Crippen molar-refractivity contribution >= 4 is 0 Å². The lowest BCUT2D eigenvalue weighted by atomic mass is 9.86. The van der Waals surface area contributed by atoms with E-state index in [-0.39, 0.29) is 0 Å². The molecule has 1 radical (unpaired) electrons. The third kappa shape index (κ3) is 1.50. The fourth-order valence-corrected chi connectivity index (χ4v) is 1.03. The standard InChI is InChI=1S/C10H15/c1-8-5-6-9(7-8)10(2,3)4/h5-7H,1-4H3. The Morgan fingerprint density at radius 2 is 1.80 bits per heavy atom. The van der Waals surface area contributed by atoms with Crippen LogP contribution in [0.1, 0.15) is 27.7 Å². The summed E-state index contributed by atoms with van der Waals surface area (Å²) in [7, 11) is 0. The molecule has 55 valence electrons. The van der Waals surface area contributed by atoms with Crippen molar-refractivity contribution in [3.05, 3.63) is 29.7 Å². The van der Waals surface area contributed by atoms with Gasteiger partial charge < -0.3 is 0 Å². The minimum Gasteiger partial charge on any atom is -0.0735 e. The van der Waals surface area contributed by atoms with E-state index in [1.165, 1.54) is 11.1 Å². The molecular formula is C10H15. The molecule has 0 bridgehead atoms. The van der Waals surface area contributed by atoms with E-state index in [4.69, 9.17) is 0 Å². The molecule has 0 saturated heterocycles. The van der Waals surface area contributed by atoms with Gasteiger partial charge in [0.2, 0.25) is 0 Å². The molecular weight excluding hydrogens is 120 g/mol. The average Bonchev–Trinajstić information content (AvgIpc) is 2.11. The molecule has 0 spiro atoms. The predicted molar refractivity (Wildman–Crippen MR) is 45.6 cm³/mol. The van der Waals surface area contributed by atoms with Crippen molar-refractivity contribution in [3.8, 4) is 0 Å². The van der Waals surface area contributed by atoms with Crippen molar-refractivity contribution in [3.63, 3.8) is 0 Å². The van der Waals surface area contributed by atoms with Crippen molar-refractivity contribution in [2.75, 3.05) is 0 Å². The molecule has 0 aromatic heterocycles. The van der Waals surface area contributed by atoms with Crippen LogP contribution < -0.4 is 0 Å². The van der Waals surface area contributed by atoms with E-state index < -0.39 is 0 Å². The molecule has 0 nitrogen and oxygen atoms in total. The van der Waals surface area contributed by atoms with Crippen molar-refractivity contribution in [2.45, 2.75) is 27.7 Å². The molecule has 0 aromatic rings. The maximum absolute atomic E-state index is 2.25. The third-order valence-corrected chi connectivity index (χ3v) is 1.77. The van der Waals surface area contributed by atoms with Crippen molar-refractivity contribution < 1.29 is 0 Å². The zero-order valence-electron chi connectivity index (χ0n) is 7.23. The highest BCUT2D eigenvalue weighted by atomic mass is 14.2. The van der Waals surface area contributed by atoms with Gasteiger partial charge in [-0.05, 0) is 12.3 Å². The highest BCUT2D eigenvalue weighted by molar-refractivity contribution is 5.42. The van der Waals surface area contributed by atoms with E-state index in [2.05, 4.69) is 46.3 Å². The van der Waals surface area contributed by atoms with Crippen LogP contribution in [0.5, 0.6) is 0 Å². The number of rotatable bonds is 0. The first kappa shape index (κ1) is 7.59. The molecule has 0 aromatic carbocycles. The second-order valence-electron chi connectivity index (χ2n) is 3.93. The van der Waals surface area contributed by atoms with Crippen LogP contribution in [0.4, 0.5) is 0 Å². The molecule has 1 aliphatic carbocycles. The van der Waals surface area contributed by atoms with E-state index in [0.29, 0.717) is 5.41 Å². The van der Waals surface area contributed by atoms with Gasteiger partial charge in [0.25, 0.3) is 0 Å². The predicted octanol–water partition coefficient (Wildman–Crippen LogP) is 3.12. The SMILES string of the molecule is CC1=C[CH]C(C(C)(C)C)=C1. The fraction of sp³-hybridized carbons (Fsp3) is 0.500. The number of hydrogen-bond donors (Lipinski definition) is 0. The molecule has 0 heteroatoms. The molecule has 0 amide bonds. The minimum absolute atomic E-state index is 0.314. The molecule has 1 rings (SSSR count). The van der Waals surface area contributed by atoms with E-state index in [9.17, 15) is 0 Å². The van der Waals surface area contributed by atoms with Crippen LogP contribution in [0.2, 0.25) is 0 Å². The first-order valence-corrected chi connectivity index (χ1v) is 3.74. The largest absolute Gasteiger partial charge is 0.0735 e. The van der Waals surface area contributed by atoms with Gasteiger partial charge >= 0.3 is 0 Å².